The third kappa shape index (κ3) is 5.25. The maximum atomic E-state index is 12.5. The van der Waals surface area contributed by atoms with Gasteiger partial charge in [0.25, 0.3) is 5.91 Å². The van der Waals surface area contributed by atoms with Gasteiger partial charge < -0.3 is 10.2 Å². The highest BCUT2D eigenvalue weighted by Crippen LogP contribution is 2.26. The van der Waals surface area contributed by atoms with E-state index in [4.69, 9.17) is 11.6 Å². The average Bonchev–Trinajstić information content (AvgIpc) is 3.44. The van der Waals surface area contributed by atoms with E-state index in [1.165, 1.54) is 12.8 Å². The molecular formula is C22H29ClN6O2. The molecule has 1 aromatic carbocycles. The van der Waals surface area contributed by atoms with Crippen molar-refractivity contribution in [1.82, 2.24) is 29.9 Å². The lowest BCUT2D eigenvalue weighted by Crippen LogP contribution is -2.51. The van der Waals surface area contributed by atoms with Gasteiger partial charge in [-0.1, -0.05) is 24.4 Å². The Labute approximate surface area is 187 Å². The molecule has 2 heterocycles. The van der Waals surface area contributed by atoms with Gasteiger partial charge in [0.1, 0.15) is 5.82 Å². The van der Waals surface area contributed by atoms with Gasteiger partial charge in [-0.05, 0) is 44.0 Å². The highest BCUT2D eigenvalue weighted by Gasteiger charge is 2.29. The standard InChI is InChI=1S/C22H29ClN6O2/c1-16-25-20(26-29(16)19-8-6-18(23)7-9-19)21(30)24-10-11-27-12-14-28(15-13-27)22(31)17-4-2-3-5-17/h6-9,17H,2-5,10-15H2,1H3,(H,24,30). The number of rotatable bonds is 6. The lowest BCUT2D eigenvalue weighted by molar-refractivity contribution is -0.137. The van der Waals surface area contributed by atoms with Gasteiger partial charge in [0.05, 0.1) is 5.69 Å². The molecule has 0 atom stereocenters. The summed E-state index contributed by atoms with van der Waals surface area (Å²) in [6.45, 7) is 6.31. The van der Waals surface area contributed by atoms with Gasteiger partial charge >= 0.3 is 0 Å². The van der Waals surface area contributed by atoms with Crippen LogP contribution < -0.4 is 5.32 Å². The number of hydrogen-bond donors (Lipinski definition) is 1. The molecule has 1 aromatic heterocycles. The summed E-state index contributed by atoms with van der Waals surface area (Å²) < 4.78 is 1.63. The number of nitrogens with zero attached hydrogens (tertiary/aromatic N) is 5. The number of halogens is 1. The molecule has 0 radical (unpaired) electrons. The van der Waals surface area contributed by atoms with Crippen LogP contribution in [0.25, 0.3) is 5.69 Å². The van der Waals surface area contributed by atoms with Crippen LogP contribution in [0.3, 0.4) is 0 Å². The van der Waals surface area contributed by atoms with Crippen molar-refractivity contribution in [3.8, 4) is 5.69 Å². The first kappa shape index (κ1) is 21.8. The SMILES string of the molecule is Cc1nc(C(=O)NCCN2CCN(C(=O)C3CCCC3)CC2)nn1-c1ccc(Cl)cc1. The Morgan fingerprint density at radius 2 is 1.77 bits per heavy atom. The molecule has 1 aliphatic heterocycles. The molecule has 2 amide bonds. The number of aromatic nitrogens is 3. The first-order valence-electron chi connectivity index (χ1n) is 11.0. The van der Waals surface area contributed by atoms with Gasteiger partial charge in [-0.3, -0.25) is 14.5 Å². The molecule has 2 fully saturated rings. The molecule has 8 nitrogen and oxygen atoms in total. The number of benzene rings is 1. The van der Waals surface area contributed by atoms with Gasteiger partial charge in [0.15, 0.2) is 0 Å². The summed E-state index contributed by atoms with van der Waals surface area (Å²) >= 11 is 5.94. The van der Waals surface area contributed by atoms with E-state index in [9.17, 15) is 9.59 Å². The molecule has 4 rings (SSSR count). The van der Waals surface area contributed by atoms with Gasteiger partial charge in [-0.25, -0.2) is 9.67 Å². The molecule has 0 spiro atoms. The summed E-state index contributed by atoms with van der Waals surface area (Å²) in [5, 5.41) is 7.88. The average molecular weight is 445 g/mol. The van der Waals surface area contributed by atoms with Crippen LogP contribution in [-0.2, 0) is 4.79 Å². The third-order valence-corrected chi connectivity index (χ3v) is 6.40. The van der Waals surface area contributed by atoms with Crippen molar-refractivity contribution < 1.29 is 9.59 Å². The number of piperazine rings is 1. The Morgan fingerprint density at radius 1 is 1.10 bits per heavy atom. The van der Waals surface area contributed by atoms with E-state index in [2.05, 4.69) is 20.3 Å². The molecule has 1 saturated carbocycles. The van der Waals surface area contributed by atoms with Gasteiger partial charge in [0, 0.05) is 50.2 Å². The molecule has 9 heteroatoms. The molecule has 1 aliphatic carbocycles. The number of hydrogen-bond acceptors (Lipinski definition) is 5. The number of amides is 2. The Balaban J connectivity index is 1.22. The summed E-state index contributed by atoms with van der Waals surface area (Å²) in [5.74, 6) is 1.08. The topological polar surface area (TPSA) is 83.4 Å². The van der Waals surface area contributed by atoms with Crippen LogP contribution in [-0.4, -0.2) is 75.6 Å². The summed E-state index contributed by atoms with van der Waals surface area (Å²) in [6, 6.07) is 7.23. The van der Waals surface area contributed by atoms with E-state index >= 15 is 0 Å². The largest absolute Gasteiger partial charge is 0.348 e. The van der Waals surface area contributed by atoms with E-state index in [0.29, 0.717) is 23.3 Å². The summed E-state index contributed by atoms with van der Waals surface area (Å²) in [6.07, 6.45) is 4.46. The molecule has 2 aromatic rings. The van der Waals surface area contributed by atoms with Crippen molar-refractivity contribution >= 4 is 23.4 Å². The second kappa shape index (κ2) is 9.78. The van der Waals surface area contributed by atoms with Crippen LogP contribution in [0.5, 0.6) is 0 Å². The van der Waals surface area contributed by atoms with Crippen molar-refractivity contribution in [1.29, 1.82) is 0 Å². The zero-order valence-electron chi connectivity index (χ0n) is 17.9. The Hall–Kier alpha value is -2.45. The van der Waals surface area contributed by atoms with Crippen molar-refractivity contribution in [3.63, 3.8) is 0 Å². The van der Waals surface area contributed by atoms with Crippen LogP contribution in [0.15, 0.2) is 24.3 Å². The van der Waals surface area contributed by atoms with Gasteiger partial charge in [-0.2, -0.15) is 0 Å². The Morgan fingerprint density at radius 3 is 2.45 bits per heavy atom. The highest BCUT2D eigenvalue weighted by atomic mass is 35.5. The van der Waals surface area contributed by atoms with Crippen molar-refractivity contribution in [2.24, 2.45) is 5.92 Å². The monoisotopic (exact) mass is 444 g/mol. The maximum Gasteiger partial charge on any atom is 0.291 e. The Bertz CT molecular complexity index is 915. The van der Waals surface area contributed by atoms with Crippen LogP contribution in [0.2, 0.25) is 5.02 Å². The molecule has 31 heavy (non-hydrogen) atoms. The number of carbonyl (C=O) groups excluding carboxylic acids is 2. The van der Waals surface area contributed by atoms with Crippen LogP contribution in [0, 0.1) is 12.8 Å². The minimum absolute atomic E-state index is 0.152. The van der Waals surface area contributed by atoms with E-state index < -0.39 is 0 Å². The zero-order chi connectivity index (χ0) is 21.8. The molecule has 0 bridgehead atoms. The first-order chi connectivity index (χ1) is 15.0. The predicted octanol–water partition coefficient (Wildman–Crippen LogP) is 2.29. The van der Waals surface area contributed by atoms with Gasteiger partial charge in [-0.15, -0.1) is 5.10 Å². The second-order valence-electron chi connectivity index (χ2n) is 8.28. The number of carbonyl (C=O) groups is 2. The fourth-order valence-electron chi connectivity index (χ4n) is 4.34. The van der Waals surface area contributed by atoms with E-state index in [1.807, 2.05) is 24.0 Å². The molecule has 2 aliphatic rings. The highest BCUT2D eigenvalue weighted by molar-refractivity contribution is 6.30. The lowest BCUT2D eigenvalue weighted by atomic mass is 10.1. The minimum Gasteiger partial charge on any atom is -0.348 e. The third-order valence-electron chi connectivity index (χ3n) is 6.15. The lowest BCUT2D eigenvalue weighted by Gasteiger charge is -2.36. The number of aryl methyl sites for hydroxylation is 1. The quantitative estimate of drug-likeness (QED) is 0.739. The van der Waals surface area contributed by atoms with Crippen molar-refractivity contribution in [2.45, 2.75) is 32.6 Å². The van der Waals surface area contributed by atoms with Crippen molar-refractivity contribution in [2.75, 3.05) is 39.3 Å². The van der Waals surface area contributed by atoms with Crippen LogP contribution >= 0.6 is 11.6 Å². The number of nitrogens with one attached hydrogen (secondary N) is 1. The molecular weight excluding hydrogens is 416 g/mol. The van der Waals surface area contributed by atoms with E-state index in [0.717, 1.165) is 51.3 Å². The smallest absolute Gasteiger partial charge is 0.291 e. The fraction of sp³-hybridized carbons (Fsp3) is 0.545. The molecule has 166 valence electrons. The van der Waals surface area contributed by atoms with Gasteiger partial charge in [0.2, 0.25) is 11.7 Å². The van der Waals surface area contributed by atoms with Crippen molar-refractivity contribution in [3.05, 3.63) is 40.9 Å². The van der Waals surface area contributed by atoms with Crippen LogP contribution in [0.1, 0.15) is 42.1 Å². The Kier molecular flexibility index (Phi) is 6.87. The fourth-order valence-corrected chi connectivity index (χ4v) is 4.47. The zero-order valence-corrected chi connectivity index (χ0v) is 18.6. The summed E-state index contributed by atoms with van der Waals surface area (Å²) in [5.41, 5.74) is 0.804. The predicted molar refractivity (Wildman–Crippen MR) is 118 cm³/mol. The maximum absolute atomic E-state index is 12.5. The van der Waals surface area contributed by atoms with E-state index in [1.54, 1.807) is 16.8 Å². The molecule has 0 unspecified atom stereocenters. The molecule has 1 N–H and O–H groups in total. The summed E-state index contributed by atoms with van der Waals surface area (Å²) in [7, 11) is 0. The second-order valence-corrected chi connectivity index (χ2v) is 8.71. The first-order valence-corrected chi connectivity index (χ1v) is 11.4. The normalized spacial score (nSPS) is 17.8. The summed E-state index contributed by atoms with van der Waals surface area (Å²) in [4.78, 5) is 33.6. The van der Waals surface area contributed by atoms with E-state index in [-0.39, 0.29) is 17.6 Å². The molecule has 1 saturated heterocycles. The minimum atomic E-state index is -0.286. The van der Waals surface area contributed by atoms with Crippen LogP contribution in [0.4, 0.5) is 0 Å².